The fourth-order valence-electron chi connectivity index (χ4n) is 3.79. The van der Waals surface area contributed by atoms with Gasteiger partial charge in [0.1, 0.15) is 11.3 Å². The van der Waals surface area contributed by atoms with Crippen LogP contribution in [0.1, 0.15) is 47.1 Å². The van der Waals surface area contributed by atoms with Crippen molar-refractivity contribution in [2.24, 2.45) is 5.41 Å². The first-order chi connectivity index (χ1) is 15.4. The maximum atomic E-state index is 13.1. The minimum Gasteiger partial charge on any atom is -0.426 e. The largest absolute Gasteiger partial charge is 0.495 e. The molecule has 6 nitrogen and oxygen atoms in total. The van der Waals surface area contributed by atoms with Crippen molar-refractivity contribution >= 4 is 29.5 Å². The minimum atomic E-state index is -0.827. The Balaban J connectivity index is 1.54. The molecule has 0 radical (unpaired) electrons. The molecule has 1 saturated heterocycles. The summed E-state index contributed by atoms with van der Waals surface area (Å²) in [6, 6.07) is 15.9. The molecule has 0 unspecified atom stereocenters. The van der Waals surface area contributed by atoms with Crippen LogP contribution in [0.2, 0.25) is 0 Å². The highest BCUT2D eigenvalue weighted by molar-refractivity contribution is 6.62. The summed E-state index contributed by atoms with van der Waals surface area (Å²) in [4.78, 5) is 24.6. The minimum absolute atomic E-state index is 0.328. The lowest BCUT2D eigenvalue weighted by Crippen LogP contribution is -2.41. The summed E-state index contributed by atoms with van der Waals surface area (Å²) in [6.07, 6.45) is 0.439. The summed E-state index contributed by atoms with van der Waals surface area (Å²) in [5.41, 5.74) is 0.0511. The second-order valence-corrected chi connectivity index (χ2v) is 10.2. The molecule has 172 valence electrons. The summed E-state index contributed by atoms with van der Waals surface area (Å²) < 4.78 is 23.3. The molecule has 2 heterocycles. The Morgan fingerprint density at radius 1 is 0.970 bits per heavy atom. The second-order valence-electron chi connectivity index (χ2n) is 10.2. The lowest BCUT2D eigenvalue weighted by Gasteiger charge is -2.32. The molecule has 0 aliphatic carbocycles. The highest BCUT2D eigenvalue weighted by atomic mass is 16.7. The van der Waals surface area contributed by atoms with Crippen LogP contribution in [-0.4, -0.2) is 24.3 Å². The summed E-state index contributed by atoms with van der Waals surface area (Å²) in [6.45, 7) is 11.8. The summed E-state index contributed by atoms with van der Waals surface area (Å²) >= 11 is 0. The Kier molecular flexibility index (Phi) is 5.75. The molecule has 0 saturated carbocycles. The number of carbonyl (C=O) groups is 1. The van der Waals surface area contributed by atoms with Gasteiger partial charge >= 0.3 is 18.7 Å². The van der Waals surface area contributed by atoms with Gasteiger partial charge in [-0.3, -0.25) is 4.79 Å². The van der Waals surface area contributed by atoms with E-state index < -0.39 is 29.4 Å². The lowest BCUT2D eigenvalue weighted by molar-refractivity contribution is -0.143. The summed E-state index contributed by atoms with van der Waals surface area (Å²) in [5, 5.41) is 0.755. The van der Waals surface area contributed by atoms with E-state index in [1.165, 1.54) is 6.07 Å². The molecule has 0 bridgehead atoms. The fraction of sp³-hybridized carbons (Fsp3) is 0.385. The molecule has 0 amide bonds. The van der Waals surface area contributed by atoms with Gasteiger partial charge in [0.05, 0.1) is 16.6 Å². The maximum absolute atomic E-state index is 13.1. The number of benzene rings is 2. The Morgan fingerprint density at radius 2 is 1.61 bits per heavy atom. The first-order valence-electron chi connectivity index (χ1n) is 11.1. The van der Waals surface area contributed by atoms with Gasteiger partial charge in [0.25, 0.3) is 0 Å². The van der Waals surface area contributed by atoms with Crippen LogP contribution in [0.4, 0.5) is 0 Å². The molecule has 1 aliphatic heterocycles. The average Bonchev–Trinajstić information content (AvgIpc) is 2.94. The van der Waals surface area contributed by atoms with Crippen molar-refractivity contribution in [1.82, 2.24) is 0 Å². The molecule has 0 atom stereocenters. The van der Waals surface area contributed by atoms with Gasteiger partial charge in [-0.15, -0.1) is 0 Å². The normalized spacial score (nSPS) is 17.3. The van der Waals surface area contributed by atoms with E-state index in [4.69, 9.17) is 18.5 Å². The first-order valence-corrected chi connectivity index (χ1v) is 11.1. The molecule has 1 fully saturated rings. The molecule has 2 aromatic carbocycles. The van der Waals surface area contributed by atoms with Crippen LogP contribution in [0.15, 0.2) is 63.8 Å². The molecule has 0 N–H and O–H groups in total. The van der Waals surface area contributed by atoms with Crippen molar-refractivity contribution in [2.75, 3.05) is 0 Å². The Hall–Kier alpha value is -2.90. The quantitative estimate of drug-likeness (QED) is 0.251. The van der Waals surface area contributed by atoms with Gasteiger partial charge in [-0.25, -0.2) is 4.79 Å². The van der Waals surface area contributed by atoms with E-state index in [0.717, 1.165) is 16.4 Å². The molecule has 1 aromatic heterocycles. The number of rotatable bonds is 5. The molecule has 4 rings (SSSR count). The number of fused-ring (bicyclic) bond motifs is 1. The van der Waals surface area contributed by atoms with Crippen LogP contribution >= 0.6 is 0 Å². The third kappa shape index (κ3) is 4.61. The van der Waals surface area contributed by atoms with Crippen molar-refractivity contribution < 1.29 is 23.3 Å². The number of carbonyl (C=O) groups excluding carboxylic acids is 1. The predicted octanol–water partition coefficient (Wildman–Crippen LogP) is 4.27. The zero-order valence-corrected chi connectivity index (χ0v) is 19.9. The second kappa shape index (κ2) is 8.15. The highest BCUT2D eigenvalue weighted by Gasteiger charge is 2.52. The van der Waals surface area contributed by atoms with E-state index in [2.05, 4.69) is 0 Å². The van der Waals surface area contributed by atoms with Crippen molar-refractivity contribution in [1.29, 1.82) is 0 Å². The van der Waals surface area contributed by atoms with Gasteiger partial charge in [-0.2, -0.15) is 0 Å². The van der Waals surface area contributed by atoms with E-state index in [1.54, 1.807) is 24.3 Å². The third-order valence-electron chi connectivity index (χ3n) is 6.55. The number of hydrogen-bond donors (Lipinski definition) is 0. The van der Waals surface area contributed by atoms with Crippen molar-refractivity contribution in [3.8, 4) is 5.75 Å². The predicted molar refractivity (Wildman–Crippen MR) is 128 cm³/mol. The smallest absolute Gasteiger partial charge is 0.426 e. The standard InChI is InChI=1S/C26H29BO6/c1-24(2,23(29)30-19-13-11-17-12-14-22(28)31-21(17)15-19)16-18-9-7-8-10-20(18)27-32-25(3,4)26(5,6)33-27/h7-15H,16H2,1-6H3. The van der Waals surface area contributed by atoms with Crippen LogP contribution in [0.3, 0.4) is 0 Å². The number of ether oxygens (including phenoxy) is 1. The molecular formula is C26H29BO6. The SMILES string of the molecule is CC(C)(Cc1ccccc1B1OC(C)(C)C(C)(C)O1)C(=O)Oc1ccc2ccc(=O)oc2c1. The summed E-state index contributed by atoms with van der Waals surface area (Å²) in [7, 11) is -0.513. The number of hydrogen-bond acceptors (Lipinski definition) is 6. The van der Waals surface area contributed by atoms with Crippen molar-refractivity contribution in [3.05, 3.63) is 70.6 Å². The van der Waals surface area contributed by atoms with Gasteiger partial charge in [0, 0.05) is 17.5 Å². The molecular weight excluding hydrogens is 419 g/mol. The van der Waals surface area contributed by atoms with E-state index in [-0.39, 0.29) is 5.97 Å². The van der Waals surface area contributed by atoms with E-state index >= 15 is 0 Å². The fourth-order valence-corrected chi connectivity index (χ4v) is 3.79. The lowest BCUT2D eigenvalue weighted by atomic mass is 9.72. The van der Waals surface area contributed by atoms with Crippen LogP contribution < -0.4 is 15.8 Å². The topological polar surface area (TPSA) is 75.0 Å². The summed E-state index contributed by atoms with van der Waals surface area (Å²) in [5.74, 6) is -0.0574. The van der Waals surface area contributed by atoms with E-state index in [9.17, 15) is 9.59 Å². The zero-order chi connectivity index (χ0) is 24.0. The molecule has 3 aromatic rings. The zero-order valence-electron chi connectivity index (χ0n) is 19.9. The van der Waals surface area contributed by atoms with Crippen LogP contribution in [0, 0.1) is 5.41 Å². The van der Waals surface area contributed by atoms with Gasteiger partial charge in [0.2, 0.25) is 0 Å². The first kappa shape index (κ1) is 23.3. The van der Waals surface area contributed by atoms with Crippen LogP contribution in [-0.2, 0) is 20.5 Å². The highest BCUT2D eigenvalue weighted by Crippen LogP contribution is 2.37. The maximum Gasteiger partial charge on any atom is 0.495 e. The molecule has 7 heteroatoms. The average molecular weight is 448 g/mol. The van der Waals surface area contributed by atoms with Gasteiger partial charge in [-0.05, 0) is 77.2 Å². The Bertz CT molecular complexity index is 1240. The molecule has 1 aliphatic rings. The van der Waals surface area contributed by atoms with Gasteiger partial charge < -0.3 is 18.5 Å². The van der Waals surface area contributed by atoms with E-state index in [1.807, 2.05) is 65.8 Å². The number of esters is 1. The van der Waals surface area contributed by atoms with Gasteiger partial charge in [-0.1, -0.05) is 24.3 Å². The Morgan fingerprint density at radius 3 is 2.30 bits per heavy atom. The third-order valence-corrected chi connectivity index (χ3v) is 6.55. The molecule has 33 heavy (non-hydrogen) atoms. The van der Waals surface area contributed by atoms with E-state index in [0.29, 0.717) is 17.8 Å². The Labute approximate surface area is 194 Å². The van der Waals surface area contributed by atoms with Gasteiger partial charge in [0.15, 0.2) is 0 Å². The van der Waals surface area contributed by atoms with Crippen LogP contribution in [0.5, 0.6) is 5.75 Å². The molecule has 0 spiro atoms. The van der Waals surface area contributed by atoms with Crippen LogP contribution in [0.25, 0.3) is 11.0 Å². The van der Waals surface area contributed by atoms with Crippen molar-refractivity contribution in [3.63, 3.8) is 0 Å². The van der Waals surface area contributed by atoms with Crippen molar-refractivity contribution in [2.45, 2.75) is 59.2 Å². The monoisotopic (exact) mass is 448 g/mol.